The van der Waals surface area contributed by atoms with E-state index in [9.17, 15) is 4.79 Å². The second-order valence-electron chi connectivity index (χ2n) is 3.28. The Balaban J connectivity index is 2.65. The molecular formula is C11H12N2O2. The van der Waals surface area contributed by atoms with Gasteiger partial charge in [0.15, 0.2) is 0 Å². The molecule has 0 fully saturated rings. The molecule has 0 spiro atoms. The SMILES string of the molecule is [C-]#[N+]Cc1ccc(C[C@H](N)C(=O)O)cc1. The van der Waals surface area contributed by atoms with Crippen LogP contribution in [-0.4, -0.2) is 17.1 Å². The van der Waals surface area contributed by atoms with Gasteiger partial charge in [0, 0.05) is 5.56 Å². The summed E-state index contributed by atoms with van der Waals surface area (Å²) < 4.78 is 0. The number of nitrogens with two attached hydrogens (primary N) is 1. The zero-order valence-electron chi connectivity index (χ0n) is 8.18. The zero-order valence-corrected chi connectivity index (χ0v) is 8.18. The van der Waals surface area contributed by atoms with Crippen molar-refractivity contribution in [3.05, 3.63) is 46.8 Å². The van der Waals surface area contributed by atoms with Crippen LogP contribution in [0.2, 0.25) is 0 Å². The van der Waals surface area contributed by atoms with Crippen LogP contribution in [0, 0.1) is 6.57 Å². The summed E-state index contributed by atoms with van der Waals surface area (Å²) in [5.41, 5.74) is 7.20. The molecule has 1 aromatic rings. The summed E-state index contributed by atoms with van der Waals surface area (Å²) in [6.07, 6.45) is 0.313. The minimum atomic E-state index is -1.000. The fraction of sp³-hybridized carbons (Fsp3) is 0.273. The van der Waals surface area contributed by atoms with Crippen molar-refractivity contribution >= 4 is 5.97 Å². The van der Waals surface area contributed by atoms with Crippen molar-refractivity contribution in [3.8, 4) is 0 Å². The first-order chi connectivity index (χ1) is 7.13. The van der Waals surface area contributed by atoms with Crippen molar-refractivity contribution in [3.63, 3.8) is 0 Å². The average molecular weight is 204 g/mol. The van der Waals surface area contributed by atoms with E-state index in [1.54, 1.807) is 0 Å². The first-order valence-electron chi connectivity index (χ1n) is 4.53. The Hall–Kier alpha value is -1.86. The van der Waals surface area contributed by atoms with Gasteiger partial charge in [-0.3, -0.25) is 4.79 Å². The number of hydrogen-bond donors (Lipinski definition) is 2. The Kier molecular flexibility index (Phi) is 3.83. The van der Waals surface area contributed by atoms with Crippen LogP contribution >= 0.6 is 0 Å². The number of carboxylic acids is 1. The Labute approximate surface area is 88.2 Å². The molecule has 78 valence electrons. The lowest BCUT2D eigenvalue weighted by Gasteiger charge is -2.05. The third kappa shape index (κ3) is 3.41. The Bertz CT molecular complexity index is 379. The number of nitrogens with zero attached hydrogens (tertiary/aromatic N) is 1. The summed E-state index contributed by atoms with van der Waals surface area (Å²) in [4.78, 5) is 13.8. The van der Waals surface area contributed by atoms with E-state index in [0.717, 1.165) is 11.1 Å². The number of hydrogen-bond acceptors (Lipinski definition) is 2. The molecule has 0 saturated heterocycles. The molecule has 3 N–H and O–H groups in total. The highest BCUT2D eigenvalue weighted by molar-refractivity contribution is 5.73. The molecule has 0 aliphatic rings. The van der Waals surface area contributed by atoms with Crippen LogP contribution in [0.15, 0.2) is 24.3 Å². The van der Waals surface area contributed by atoms with Gasteiger partial charge in [-0.25, -0.2) is 6.57 Å². The van der Waals surface area contributed by atoms with Gasteiger partial charge in [0.2, 0.25) is 6.54 Å². The maximum atomic E-state index is 10.5. The van der Waals surface area contributed by atoms with Crippen molar-refractivity contribution in [1.29, 1.82) is 0 Å². The van der Waals surface area contributed by atoms with Crippen LogP contribution in [0.5, 0.6) is 0 Å². The molecule has 15 heavy (non-hydrogen) atoms. The lowest BCUT2D eigenvalue weighted by Crippen LogP contribution is -2.32. The minimum Gasteiger partial charge on any atom is -0.480 e. The number of benzene rings is 1. The number of rotatable bonds is 4. The Morgan fingerprint density at radius 1 is 1.40 bits per heavy atom. The lowest BCUT2D eigenvalue weighted by atomic mass is 10.0. The minimum absolute atomic E-state index is 0.313. The van der Waals surface area contributed by atoms with Gasteiger partial charge < -0.3 is 15.7 Å². The van der Waals surface area contributed by atoms with Gasteiger partial charge in [0.25, 0.3) is 0 Å². The first-order valence-corrected chi connectivity index (χ1v) is 4.53. The van der Waals surface area contributed by atoms with Crippen LogP contribution < -0.4 is 5.73 Å². The highest BCUT2D eigenvalue weighted by Crippen LogP contribution is 2.07. The molecule has 0 aliphatic carbocycles. The predicted molar refractivity (Wildman–Crippen MR) is 56.1 cm³/mol. The normalized spacial score (nSPS) is 11.7. The topological polar surface area (TPSA) is 67.7 Å². The lowest BCUT2D eigenvalue weighted by molar-refractivity contribution is -0.138. The molecule has 4 nitrogen and oxygen atoms in total. The average Bonchev–Trinajstić information content (AvgIpc) is 2.21. The molecule has 0 saturated carbocycles. The highest BCUT2D eigenvalue weighted by Gasteiger charge is 2.11. The van der Waals surface area contributed by atoms with Gasteiger partial charge in [-0.2, -0.15) is 0 Å². The maximum Gasteiger partial charge on any atom is 0.320 e. The summed E-state index contributed by atoms with van der Waals surface area (Å²) in [6, 6.07) is 6.40. The van der Waals surface area contributed by atoms with E-state index in [1.165, 1.54) is 0 Å². The van der Waals surface area contributed by atoms with Crippen LogP contribution in [0.25, 0.3) is 4.85 Å². The standard InChI is InChI=1S/C11H12N2O2/c1-13-7-9-4-2-8(3-5-9)6-10(12)11(14)15/h2-5,10H,6-7,12H2,(H,14,15)/t10-/m0/s1. The molecule has 1 rings (SSSR count). The molecule has 1 atom stereocenters. The molecule has 1 aromatic carbocycles. The summed E-state index contributed by atoms with van der Waals surface area (Å²) in [5, 5.41) is 8.62. The van der Waals surface area contributed by atoms with Crippen molar-refractivity contribution in [2.75, 3.05) is 0 Å². The molecule has 0 heterocycles. The molecule has 0 radical (unpaired) electrons. The van der Waals surface area contributed by atoms with E-state index in [2.05, 4.69) is 4.85 Å². The third-order valence-electron chi connectivity index (χ3n) is 2.06. The fourth-order valence-corrected chi connectivity index (χ4v) is 1.21. The van der Waals surface area contributed by atoms with Gasteiger partial charge in [0.1, 0.15) is 6.04 Å². The van der Waals surface area contributed by atoms with E-state index in [4.69, 9.17) is 17.4 Å². The van der Waals surface area contributed by atoms with E-state index >= 15 is 0 Å². The van der Waals surface area contributed by atoms with E-state index in [1.807, 2.05) is 24.3 Å². The van der Waals surface area contributed by atoms with E-state index in [0.29, 0.717) is 13.0 Å². The van der Waals surface area contributed by atoms with Crippen molar-refractivity contribution in [2.45, 2.75) is 19.0 Å². The Morgan fingerprint density at radius 3 is 2.40 bits per heavy atom. The first kappa shape index (κ1) is 11.2. The molecule has 0 amide bonds. The third-order valence-corrected chi connectivity index (χ3v) is 2.06. The predicted octanol–water partition coefficient (Wildman–Crippen LogP) is 1.06. The van der Waals surface area contributed by atoms with Crippen LogP contribution in [0.4, 0.5) is 0 Å². The molecule has 0 aromatic heterocycles. The van der Waals surface area contributed by atoms with Gasteiger partial charge in [0.05, 0.1) is 0 Å². The molecule has 0 aliphatic heterocycles. The van der Waals surface area contributed by atoms with Crippen LogP contribution in [-0.2, 0) is 17.8 Å². The van der Waals surface area contributed by atoms with Crippen LogP contribution in [0.3, 0.4) is 0 Å². The van der Waals surface area contributed by atoms with Crippen molar-refractivity contribution < 1.29 is 9.90 Å². The number of carbonyl (C=O) groups is 1. The highest BCUT2D eigenvalue weighted by atomic mass is 16.4. The molecule has 4 heteroatoms. The largest absolute Gasteiger partial charge is 0.480 e. The second-order valence-corrected chi connectivity index (χ2v) is 3.28. The van der Waals surface area contributed by atoms with Crippen molar-refractivity contribution in [1.82, 2.24) is 0 Å². The Morgan fingerprint density at radius 2 is 1.93 bits per heavy atom. The fourth-order valence-electron chi connectivity index (χ4n) is 1.21. The van der Waals surface area contributed by atoms with Crippen molar-refractivity contribution in [2.24, 2.45) is 5.73 Å². The summed E-state index contributed by atoms with van der Waals surface area (Å²) in [7, 11) is 0. The quantitative estimate of drug-likeness (QED) is 0.720. The van der Waals surface area contributed by atoms with Crippen LogP contribution in [0.1, 0.15) is 11.1 Å². The smallest absolute Gasteiger partial charge is 0.320 e. The summed E-state index contributed by atoms with van der Waals surface area (Å²) in [5.74, 6) is -1.000. The van der Waals surface area contributed by atoms with E-state index in [-0.39, 0.29) is 0 Å². The molecular weight excluding hydrogens is 192 g/mol. The van der Waals surface area contributed by atoms with Gasteiger partial charge >= 0.3 is 5.97 Å². The van der Waals surface area contributed by atoms with Gasteiger partial charge in [-0.1, -0.05) is 24.3 Å². The van der Waals surface area contributed by atoms with Gasteiger partial charge in [-0.05, 0) is 12.0 Å². The van der Waals surface area contributed by atoms with Gasteiger partial charge in [-0.15, -0.1) is 0 Å². The van der Waals surface area contributed by atoms with E-state index < -0.39 is 12.0 Å². The summed E-state index contributed by atoms with van der Waals surface area (Å²) >= 11 is 0. The molecule has 0 bridgehead atoms. The number of aliphatic carboxylic acids is 1. The second kappa shape index (κ2) is 5.13. The maximum absolute atomic E-state index is 10.5. The molecule has 0 unspecified atom stereocenters. The summed E-state index contributed by atoms with van der Waals surface area (Å²) in [6.45, 7) is 7.04. The monoisotopic (exact) mass is 204 g/mol. The number of carboxylic acid groups (broad SMARTS) is 1. The zero-order chi connectivity index (χ0) is 11.3.